The Bertz CT molecular complexity index is 282. The molecule has 4 heteroatoms. The largest absolute Gasteiger partial charge is 0.385 e. The monoisotopic (exact) mass is 268 g/mol. The quantitative estimate of drug-likeness (QED) is 0.765. The van der Waals surface area contributed by atoms with Crippen LogP contribution in [-0.4, -0.2) is 50.7 Å². The molecule has 0 radical (unpaired) electrons. The molecular formula is C15H28N2O2. The average Bonchev–Trinajstić information content (AvgIpc) is 3.21. The first-order valence-corrected chi connectivity index (χ1v) is 7.73. The summed E-state index contributed by atoms with van der Waals surface area (Å²) in [6.45, 7) is 4.22. The molecule has 2 fully saturated rings. The van der Waals surface area contributed by atoms with Gasteiger partial charge in [0.2, 0.25) is 5.91 Å². The lowest BCUT2D eigenvalue weighted by molar-refractivity contribution is -0.130. The highest BCUT2D eigenvalue weighted by Crippen LogP contribution is 2.48. The molecule has 1 saturated carbocycles. The summed E-state index contributed by atoms with van der Waals surface area (Å²) in [5.74, 6) is 0.282. The van der Waals surface area contributed by atoms with E-state index in [2.05, 4.69) is 5.32 Å². The normalized spacial score (nSPS) is 22.1. The van der Waals surface area contributed by atoms with E-state index >= 15 is 0 Å². The molecule has 1 aliphatic carbocycles. The molecule has 1 amide bonds. The van der Waals surface area contributed by atoms with E-state index in [1.165, 1.54) is 38.5 Å². The highest BCUT2D eigenvalue weighted by Gasteiger charge is 2.41. The third-order valence-corrected chi connectivity index (χ3v) is 4.53. The predicted octanol–water partition coefficient (Wildman–Crippen LogP) is 1.80. The third kappa shape index (κ3) is 4.77. The second-order valence-electron chi connectivity index (χ2n) is 6.14. The average molecular weight is 268 g/mol. The van der Waals surface area contributed by atoms with Gasteiger partial charge in [0.05, 0.1) is 6.54 Å². The van der Waals surface area contributed by atoms with E-state index < -0.39 is 0 Å². The summed E-state index contributed by atoms with van der Waals surface area (Å²) >= 11 is 0. The summed E-state index contributed by atoms with van der Waals surface area (Å²) in [6, 6.07) is 0. The van der Waals surface area contributed by atoms with Crippen LogP contribution >= 0.6 is 0 Å². The van der Waals surface area contributed by atoms with Crippen molar-refractivity contribution in [3.63, 3.8) is 0 Å². The summed E-state index contributed by atoms with van der Waals surface area (Å²) in [6.07, 6.45) is 8.57. The maximum Gasteiger partial charge on any atom is 0.236 e. The number of hydrogen-bond donors (Lipinski definition) is 1. The first kappa shape index (κ1) is 14.8. The Morgan fingerprint density at radius 1 is 1.21 bits per heavy atom. The minimum absolute atomic E-state index is 0.282. The van der Waals surface area contributed by atoms with Crippen molar-refractivity contribution in [2.45, 2.75) is 44.9 Å². The highest BCUT2D eigenvalue weighted by atomic mass is 16.5. The Balaban J connectivity index is 1.63. The Morgan fingerprint density at radius 2 is 1.89 bits per heavy atom. The fourth-order valence-corrected chi connectivity index (χ4v) is 2.88. The van der Waals surface area contributed by atoms with E-state index in [1.54, 1.807) is 7.11 Å². The smallest absolute Gasteiger partial charge is 0.236 e. The minimum atomic E-state index is 0.282. The van der Waals surface area contributed by atoms with Gasteiger partial charge in [0.1, 0.15) is 0 Å². The van der Waals surface area contributed by atoms with Crippen molar-refractivity contribution in [2.75, 3.05) is 39.9 Å². The summed E-state index contributed by atoms with van der Waals surface area (Å²) in [5.41, 5.74) is 0.426. The van der Waals surface area contributed by atoms with E-state index in [0.29, 0.717) is 12.0 Å². The maximum atomic E-state index is 12.1. The molecule has 0 aromatic heterocycles. The molecule has 0 unspecified atom stereocenters. The molecule has 1 aliphatic heterocycles. The van der Waals surface area contributed by atoms with E-state index in [-0.39, 0.29) is 5.91 Å². The number of likely N-dealkylation sites (tertiary alicyclic amines) is 1. The lowest BCUT2D eigenvalue weighted by atomic mass is 10.0. The van der Waals surface area contributed by atoms with E-state index in [0.717, 1.165) is 32.7 Å². The van der Waals surface area contributed by atoms with Crippen LogP contribution in [0.1, 0.15) is 44.9 Å². The van der Waals surface area contributed by atoms with Gasteiger partial charge >= 0.3 is 0 Å². The van der Waals surface area contributed by atoms with Gasteiger partial charge in [-0.25, -0.2) is 0 Å². The van der Waals surface area contributed by atoms with Gasteiger partial charge in [0, 0.05) is 33.4 Å². The van der Waals surface area contributed by atoms with Gasteiger partial charge < -0.3 is 15.0 Å². The zero-order valence-electron chi connectivity index (χ0n) is 12.2. The molecule has 4 nitrogen and oxygen atoms in total. The van der Waals surface area contributed by atoms with Crippen LogP contribution in [0.15, 0.2) is 0 Å². The molecule has 110 valence electrons. The van der Waals surface area contributed by atoms with Gasteiger partial charge in [-0.1, -0.05) is 12.8 Å². The summed E-state index contributed by atoms with van der Waals surface area (Å²) in [5, 5.41) is 3.37. The Morgan fingerprint density at radius 3 is 2.47 bits per heavy atom. The number of ether oxygens (including phenoxy) is 1. The standard InChI is InChI=1S/C15H28N2O2/c1-19-11-8-15(6-7-15)13-16-12-14(18)17-9-4-2-3-5-10-17/h16H,2-13H2,1H3. The number of methoxy groups -OCH3 is 1. The molecule has 2 aliphatic rings. The molecule has 0 spiro atoms. The van der Waals surface area contributed by atoms with Gasteiger partial charge in [-0.2, -0.15) is 0 Å². The van der Waals surface area contributed by atoms with Crippen LogP contribution in [0.4, 0.5) is 0 Å². The van der Waals surface area contributed by atoms with E-state index in [9.17, 15) is 4.79 Å². The lowest BCUT2D eigenvalue weighted by Crippen LogP contribution is -2.40. The number of amides is 1. The van der Waals surface area contributed by atoms with Gasteiger partial charge in [0.15, 0.2) is 0 Å². The minimum Gasteiger partial charge on any atom is -0.385 e. The fraction of sp³-hybridized carbons (Fsp3) is 0.933. The summed E-state index contributed by atoms with van der Waals surface area (Å²) in [7, 11) is 1.76. The number of nitrogens with one attached hydrogen (secondary N) is 1. The van der Waals surface area contributed by atoms with Crippen molar-refractivity contribution in [3.05, 3.63) is 0 Å². The van der Waals surface area contributed by atoms with Crippen LogP contribution in [0.5, 0.6) is 0 Å². The van der Waals surface area contributed by atoms with Crippen LogP contribution < -0.4 is 5.32 Å². The maximum absolute atomic E-state index is 12.1. The lowest BCUT2D eigenvalue weighted by Gasteiger charge is -2.21. The van der Waals surface area contributed by atoms with Crippen LogP contribution in [0.3, 0.4) is 0 Å². The van der Waals surface area contributed by atoms with Crippen LogP contribution in [0.2, 0.25) is 0 Å². The van der Waals surface area contributed by atoms with E-state index in [4.69, 9.17) is 4.74 Å². The molecule has 2 rings (SSSR count). The van der Waals surface area contributed by atoms with Gasteiger partial charge in [0.25, 0.3) is 0 Å². The van der Waals surface area contributed by atoms with E-state index in [1.807, 2.05) is 4.90 Å². The predicted molar refractivity (Wildman–Crippen MR) is 76.1 cm³/mol. The summed E-state index contributed by atoms with van der Waals surface area (Å²) < 4.78 is 5.15. The molecule has 19 heavy (non-hydrogen) atoms. The van der Waals surface area contributed by atoms with Crippen molar-refractivity contribution in [1.82, 2.24) is 10.2 Å². The molecular weight excluding hydrogens is 240 g/mol. The molecule has 0 bridgehead atoms. The first-order valence-electron chi connectivity index (χ1n) is 7.73. The van der Waals surface area contributed by atoms with Crippen LogP contribution in [0, 0.1) is 5.41 Å². The van der Waals surface area contributed by atoms with Gasteiger partial charge in [-0.05, 0) is 37.5 Å². The SMILES string of the molecule is COCCC1(CNCC(=O)N2CCCCCC2)CC1. The molecule has 1 heterocycles. The number of carbonyl (C=O) groups excluding carboxylic acids is 1. The third-order valence-electron chi connectivity index (χ3n) is 4.53. The Hall–Kier alpha value is -0.610. The highest BCUT2D eigenvalue weighted by molar-refractivity contribution is 5.78. The zero-order valence-corrected chi connectivity index (χ0v) is 12.2. The molecule has 0 atom stereocenters. The van der Waals surface area contributed by atoms with Crippen molar-refractivity contribution < 1.29 is 9.53 Å². The second-order valence-corrected chi connectivity index (χ2v) is 6.14. The van der Waals surface area contributed by atoms with Crippen LogP contribution in [0.25, 0.3) is 0 Å². The number of hydrogen-bond acceptors (Lipinski definition) is 3. The second kappa shape index (κ2) is 7.25. The number of rotatable bonds is 7. The van der Waals surface area contributed by atoms with Gasteiger partial charge in [-0.15, -0.1) is 0 Å². The number of nitrogens with zero attached hydrogens (tertiary/aromatic N) is 1. The molecule has 0 aromatic carbocycles. The first-order chi connectivity index (χ1) is 9.26. The Kier molecular flexibility index (Phi) is 5.64. The topological polar surface area (TPSA) is 41.6 Å². The van der Waals surface area contributed by atoms with Crippen molar-refractivity contribution in [2.24, 2.45) is 5.41 Å². The molecule has 1 saturated heterocycles. The van der Waals surface area contributed by atoms with Gasteiger partial charge in [-0.3, -0.25) is 4.79 Å². The number of carbonyl (C=O) groups is 1. The van der Waals surface area contributed by atoms with Crippen LogP contribution in [-0.2, 0) is 9.53 Å². The summed E-state index contributed by atoms with van der Waals surface area (Å²) in [4.78, 5) is 14.1. The molecule has 0 aromatic rings. The Labute approximate surface area is 116 Å². The fourth-order valence-electron chi connectivity index (χ4n) is 2.88. The zero-order chi connectivity index (χ0) is 13.6. The molecule has 1 N–H and O–H groups in total. The van der Waals surface area contributed by atoms with Crippen molar-refractivity contribution in [3.8, 4) is 0 Å². The van der Waals surface area contributed by atoms with Crippen molar-refractivity contribution >= 4 is 5.91 Å². The van der Waals surface area contributed by atoms with Crippen molar-refractivity contribution in [1.29, 1.82) is 0 Å².